The van der Waals surface area contributed by atoms with E-state index in [4.69, 9.17) is 9.47 Å². The van der Waals surface area contributed by atoms with Gasteiger partial charge in [-0.3, -0.25) is 9.59 Å². The molecule has 2 fully saturated rings. The molecule has 0 aromatic heterocycles. The molecule has 2 saturated heterocycles. The molecule has 0 saturated carbocycles. The van der Waals surface area contributed by atoms with Crippen LogP contribution in [0, 0.1) is 11.8 Å². The van der Waals surface area contributed by atoms with Crippen molar-refractivity contribution >= 4 is 11.9 Å². The second-order valence-electron chi connectivity index (χ2n) is 6.53. The van der Waals surface area contributed by atoms with Gasteiger partial charge in [0.15, 0.2) is 0 Å². The summed E-state index contributed by atoms with van der Waals surface area (Å²) in [6.07, 6.45) is 7.48. The summed E-state index contributed by atoms with van der Waals surface area (Å²) in [5.41, 5.74) is -0.593. The van der Waals surface area contributed by atoms with Crippen molar-refractivity contribution in [1.82, 2.24) is 4.90 Å². The smallest absolute Gasteiger partial charge is 0.312 e. The van der Waals surface area contributed by atoms with Gasteiger partial charge in [-0.2, -0.15) is 0 Å². The second kappa shape index (κ2) is 6.03. The number of esters is 1. The van der Waals surface area contributed by atoms with E-state index < -0.39 is 17.4 Å². The molecular weight excluding hydrogens is 282 g/mol. The van der Waals surface area contributed by atoms with Gasteiger partial charge in [0.1, 0.15) is 11.5 Å². The van der Waals surface area contributed by atoms with Crippen LogP contribution in [0.4, 0.5) is 0 Å². The van der Waals surface area contributed by atoms with Crippen LogP contribution in [0.5, 0.6) is 0 Å². The summed E-state index contributed by atoms with van der Waals surface area (Å²) < 4.78 is 11.4. The van der Waals surface area contributed by atoms with Crippen LogP contribution in [-0.4, -0.2) is 48.2 Å². The molecule has 122 valence electrons. The fourth-order valence-corrected chi connectivity index (χ4v) is 3.80. The summed E-state index contributed by atoms with van der Waals surface area (Å²) in [5.74, 6) is -1.09. The summed E-state index contributed by atoms with van der Waals surface area (Å²) in [5, 5.41) is 0. The Hall–Kier alpha value is -1.36. The zero-order valence-corrected chi connectivity index (χ0v) is 13.4. The van der Waals surface area contributed by atoms with Crippen LogP contribution < -0.4 is 0 Å². The Balaban J connectivity index is 1.73. The van der Waals surface area contributed by atoms with Crippen molar-refractivity contribution in [1.29, 1.82) is 0 Å². The van der Waals surface area contributed by atoms with Crippen molar-refractivity contribution in [3.8, 4) is 0 Å². The maximum Gasteiger partial charge on any atom is 0.312 e. The maximum atomic E-state index is 12.7. The summed E-state index contributed by atoms with van der Waals surface area (Å²) >= 11 is 0. The lowest BCUT2D eigenvalue weighted by Gasteiger charge is -2.22. The number of ether oxygens (including phenoxy) is 2. The molecule has 5 nitrogen and oxygen atoms in total. The van der Waals surface area contributed by atoms with Gasteiger partial charge in [0.05, 0.1) is 25.2 Å². The Morgan fingerprint density at radius 1 is 1.41 bits per heavy atom. The van der Waals surface area contributed by atoms with Gasteiger partial charge in [0.2, 0.25) is 5.91 Å². The normalized spacial score (nSPS) is 35.3. The van der Waals surface area contributed by atoms with E-state index in [2.05, 4.69) is 13.8 Å². The van der Waals surface area contributed by atoms with Crippen LogP contribution in [0.2, 0.25) is 0 Å². The van der Waals surface area contributed by atoms with E-state index in [0.717, 1.165) is 32.2 Å². The topological polar surface area (TPSA) is 55.8 Å². The molecule has 3 heterocycles. The van der Waals surface area contributed by atoms with Gasteiger partial charge in [-0.15, -0.1) is 0 Å². The molecule has 0 aromatic rings. The first-order chi connectivity index (χ1) is 10.6. The monoisotopic (exact) mass is 307 g/mol. The van der Waals surface area contributed by atoms with E-state index >= 15 is 0 Å². The minimum absolute atomic E-state index is 0.0535. The fourth-order valence-electron chi connectivity index (χ4n) is 3.80. The van der Waals surface area contributed by atoms with Crippen molar-refractivity contribution in [2.45, 2.75) is 51.2 Å². The molecule has 1 spiro atoms. The van der Waals surface area contributed by atoms with Crippen LogP contribution in [0.3, 0.4) is 0 Å². The Bertz CT molecular complexity index is 489. The van der Waals surface area contributed by atoms with Crippen molar-refractivity contribution < 1.29 is 19.1 Å². The van der Waals surface area contributed by atoms with Crippen molar-refractivity contribution in [2.75, 3.05) is 19.7 Å². The highest BCUT2D eigenvalue weighted by Gasteiger charge is 2.67. The predicted molar refractivity (Wildman–Crippen MR) is 81.1 cm³/mol. The van der Waals surface area contributed by atoms with Gasteiger partial charge in [0.25, 0.3) is 0 Å². The van der Waals surface area contributed by atoms with Crippen molar-refractivity contribution in [3.63, 3.8) is 0 Å². The van der Waals surface area contributed by atoms with E-state index in [1.54, 1.807) is 0 Å². The van der Waals surface area contributed by atoms with Crippen LogP contribution in [0.15, 0.2) is 12.2 Å². The van der Waals surface area contributed by atoms with Crippen LogP contribution >= 0.6 is 0 Å². The Kier molecular flexibility index (Phi) is 4.26. The lowest BCUT2D eigenvalue weighted by atomic mass is 9.77. The first-order valence-electron chi connectivity index (χ1n) is 8.45. The minimum Gasteiger partial charge on any atom is -0.465 e. The molecule has 4 atom stereocenters. The predicted octanol–water partition coefficient (Wildman–Crippen LogP) is 1.91. The average Bonchev–Trinajstić information content (AvgIpc) is 3.14. The molecular formula is C17H25NO4. The van der Waals surface area contributed by atoms with Crippen molar-refractivity contribution in [2.24, 2.45) is 11.8 Å². The SMILES string of the molecule is CCCCOC(=O)C1[C@@H]2C=CC3(CN(CCCC)C(=O)[C@H]13)O2. The quantitative estimate of drug-likeness (QED) is 0.409. The lowest BCUT2D eigenvalue weighted by Crippen LogP contribution is -2.40. The largest absolute Gasteiger partial charge is 0.465 e. The third-order valence-electron chi connectivity index (χ3n) is 4.97. The number of likely N-dealkylation sites (tertiary alicyclic amines) is 1. The molecule has 0 aromatic carbocycles. The first-order valence-corrected chi connectivity index (χ1v) is 8.45. The summed E-state index contributed by atoms with van der Waals surface area (Å²) in [6, 6.07) is 0. The number of fused-ring (bicyclic) bond motifs is 1. The number of rotatable bonds is 7. The summed E-state index contributed by atoms with van der Waals surface area (Å²) in [4.78, 5) is 27.0. The van der Waals surface area contributed by atoms with Crippen LogP contribution in [-0.2, 0) is 19.1 Å². The van der Waals surface area contributed by atoms with Crippen LogP contribution in [0.1, 0.15) is 39.5 Å². The standard InChI is InChI=1S/C17H25NO4/c1-3-5-9-18-11-17-8-7-12(22-17)13(14(17)15(18)19)16(20)21-10-6-4-2/h7-8,12-14H,3-6,9-11H2,1-2H3/t12-,13?,14-,17?/m0/s1. The highest BCUT2D eigenvalue weighted by Crippen LogP contribution is 2.52. The molecule has 0 aliphatic carbocycles. The Morgan fingerprint density at radius 2 is 2.18 bits per heavy atom. The van der Waals surface area contributed by atoms with Crippen molar-refractivity contribution in [3.05, 3.63) is 12.2 Å². The Morgan fingerprint density at radius 3 is 2.91 bits per heavy atom. The number of carbonyl (C=O) groups is 2. The summed E-state index contributed by atoms with van der Waals surface area (Å²) in [6.45, 7) is 5.90. The average molecular weight is 307 g/mol. The van der Waals surface area contributed by atoms with Gasteiger partial charge >= 0.3 is 5.97 Å². The molecule has 0 radical (unpaired) electrons. The fraction of sp³-hybridized carbons (Fsp3) is 0.765. The maximum absolute atomic E-state index is 12.7. The van der Waals surface area contributed by atoms with E-state index in [0.29, 0.717) is 13.2 Å². The number of amides is 1. The third-order valence-corrected chi connectivity index (χ3v) is 4.97. The number of carbonyl (C=O) groups excluding carboxylic acids is 2. The van der Waals surface area contributed by atoms with Gasteiger partial charge in [-0.1, -0.05) is 38.8 Å². The highest BCUT2D eigenvalue weighted by molar-refractivity contribution is 5.91. The molecule has 0 N–H and O–H groups in total. The molecule has 22 heavy (non-hydrogen) atoms. The van der Waals surface area contributed by atoms with Crippen LogP contribution in [0.25, 0.3) is 0 Å². The second-order valence-corrected chi connectivity index (χ2v) is 6.53. The third kappa shape index (κ3) is 2.35. The van der Waals surface area contributed by atoms with E-state index in [1.165, 1.54) is 0 Å². The lowest BCUT2D eigenvalue weighted by molar-refractivity contribution is -0.153. The highest BCUT2D eigenvalue weighted by atomic mass is 16.6. The molecule has 2 unspecified atom stereocenters. The molecule has 1 amide bonds. The van der Waals surface area contributed by atoms with Gasteiger partial charge in [-0.05, 0) is 12.8 Å². The van der Waals surface area contributed by atoms with E-state index in [1.807, 2.05) is 17.1 Å². The molecule has 3 aliphatic heterocycles. The number of hydrogen-bond donors (Lipinski definition) is 0. The number of unbranched alkanes of at least 4 members (excludes halogenated alkanes) is 2. The van der Waals surface area contributed by atoms with Gasteiger partial charge < -0.3 is 14.4 Å². The molecule has 3 aliphatic rings. The Labute approximate surface area is 131 Å². The number of nitrogens with zero attached hydrogens (tertiary/aromatic N) is 1. The summed E-state index contributed by atoms with van der Waals surface area (Å²) in [7, 11) is 0. The van der Waals surface area contributed by atoms with Gasteiger partial charge in [0, 0.05) is 6.54 Å². The zero-order valence-electron chi connectivity index (χ0n) is 13.4. The van der Waals surface area contributed by atoms with E-state index in [9.17, 15) is 9.59 Å². The minimum atomic E-state index is -0.593. The molecule has 3 rings (SSSR count). The van der Waals surface area contributed by atoms with E-state index in [-0.39, 0.29) is 18.0 Å². The number of hydrogen-bond acceptors (Lipinski definition) is 4. The molecule has 2 bridgehead atoms. The molecule has 5 heteroatoms. The zero-order chi connectivity index (χ0) is 15.7. The first kappa shape index (κ1) is 15.5. The van der Waals surface area contributed by atoms with Gasteiger partial charge in [-0.25, -0.2) is 0 Å².